The van der Waals surface area contributed by atoms with Crippen LogP contribution in [0.15, 0.2) is 35.9 Å². The van der Waals surface area contributed by atoms with Crippen molar-refractivity contribution in [1.29, 1.82) is 0 Å². The van der Waals surface area contributed by atoms with Gasteiger partial charge in [0.2, 0.25) is 5.91 Å². The molecular weight excluding hydrogens is 546 g/mol. The van der Waals surface area contributed by atoms with Crippen LogP contribution >= 0.6 is 0 Å². The number of hydrogen-bond donors (Lipinski definition) is 3. The predicted octanol–water partition coefficient (Wildman–Crippen LogP) is 5.33. The Balaban J connectivity index is 1.21. The van der Waals surface area contributed by atoms with Crippen LogP contribution in [0.2, 0.25) is 0 Å². The van der Waals surface area contributed by atoms with Gasteiger partial charge in [-0.15, -0.1) is 0 Å². The van der Waals surface area contributed by atoms with Crippen LogP contribution in [0, 0.1) is 11.3 Å². The maximum absolute atomic E-state index is 12.9. The van der Waals surface area contributed by atoms with E-state index in [1.165, 1.54) is 5.57 Å². The van der Waals surface area contributed by atoms with Crippen LogP contribution in [0.25, 0.3) is 0 Å². The molecule has 3 amide bonds. The Labute approximate surface area is 256 Å². The number of Topliss-reactive ketones (excluding diaryl/α,β-unsaturated/α-hetero) is 1. The smallest absolute Gasteiger partial charge is 0.315 e. The van der Waals surface area contributed by atoms with E-state index < -0.39 is 0 Å². The predicted molar refractivity (Wildman–Crippen MR) is 167 cm³/mol. The van der Waals surface area contributed by atoms with E-state index in [0.717, 1.165) is 24.8 Å². The molecular formula is C34H51N3O6. The number of ether oxygens (including phenoxy) is 3. The number of carbonyl (C=O) groups excluding carboxylic acids is 3. The monoisotopic (exact) mass is 597 g/mol. The summed E-state index contributed by atoms with van der Waals surface area (Å²) in [6.45, 7) is 13.2. The third-order valence-electron chi connectivity index (χ3n) is 9.19. The zero-order valence-electron chi connectivity index (χ0n) is 27.0. The number of allylic oxidation sites excluding steroid dienone is 1. The largest absolute Gasteiger partial charge is 0.379 e. The Kier molecular flexibility index (Phi) is 10.4. The zero-order valence-corrected chi connectivity index (χ0v) is 27.0. The third-order valence-corrected chi connectivity index (χ3v) is 9.19. The standard InChI is InChI=1S/C34H51N3O6/c1-22(2)11-16-27-33(6,43-27)30-29(41-7)25(17-19-34(30)21-42-34)37-31(40)35-20-18-23-12-14-24(15-13-23)36-28(39)10-8-9-26(38)32(3,4)5/h11-15,25,27,29-30H,8-10,16-21H2,1-7H3,(H,36,39)(H2,35,37,40)/t25-,27-,29-,30-,33?,34+/m1/s1. The molecule has 2 aliphatic heterocycles. The van der Waals surface area contributed by atoms with Gasteiger partial charge in [0.1, 0.15) is 11.4 Å². The van der Waals surface area contributed by atoms with Crippen LogP contribution in [0.5, 0.6) is 0 Å². The molecule has 1 spiro atoms. The van der Waals surface area contributed by atoms with Crippen molar-refractivity contribution in [3.05, 3.63) is 41.5 Å². The summed E-state index contributed by atoms with van der Waals surface area (Å²) >= 11 is 0. The number of urea groups is 1. The Morgan fingerprint density at radius 1 is 1.12 bits per heavy atom. The zero-order chi connectivity index (χ0) is 31.4. The molecule has 1 saturated carbocycles. The quantitative estimate of drug-likeness (QED) is 0.209. The first-order chi connectivity index (χ1) is 20.3. The molecule has 3 fully saturated rings. The molecule has 0 bridgehead atoms. The number of carbonyl (C=O) groups is 3. The minimum Gasteiger partial charge on any atom is -0.379 e. The molecule has 1 unspecified atom stereocenters. The van der Waals surface area contributed by atoms with Crippen LogP contribution in [0.4, 0.5) is 10.5 Å². The van der Waals surface area contributed by atoms with Crippen molar-refractivity contribution >= 4 is 23.4 Å². The van der Waals surface area contributed by atoms with Gasteiger partial charge in [0, 0.05) is 43.5 Å². The van der Waals surface area contributed by atoms with Crippen LogP contribution in [-0.4, -0.2) is 67.4 Å². The van der Waals surface area contributed by atoms with Gasteiger partial charge < -0.3 is 30.2 Å². The Morgan fingerprint density at radius 2 is 1.81 bits per heavy atom. The van der Waals surface area contributed by atoms with E-state index in [9.17, 15) is 14.4 Å². The highest BCUT2D eigenvalue weighted by Gasteiger charge is 2.71. The molecule has 2 saturated heterocycles. The van der Waals surface area contributed by atoms with E-state index >= 15 is 0 Å². The van der Waals surface area contributed by atoms with Gasteiger partial charge in [0.15, 0.2) is 0 Å². The second-order valence-electron chi connectivity index (χ2n) is 13.9. The molecule has 6 atom stereocenters. The number of amides is 3. The van der Waals surface area contributed by atoms with E-state index in [1.807, 2.05) is 45.0 Å². The molecule has 4 rings (SSSR count). The first-order valence-corrected chi connectivity index (χ1v) is 15.7. The van der Waals surface area contributed by atoms with E-state index in [-0.39, 0.29) is 58.5 Å². The molecule has 2 heterocycles. The summed E-state index contributed by atoms with van der Waals surface area (Å²) in [5.41, 5.74) is 2.11. The Morgan fingerprint density at radius 3 is 2.42 bits per heavy atom. The van der Waals surface area contributed by atoms with Crippen LogP contribution in [0.1, 0.15) is 85.6 Å². The number of benzene rings is 1. The summed E-state index contributed by atoms with van der Waals surface area (Å²) in [4.78, 5) is 37.2. The number of ketones is 1. The van der Waals surface area contributed by atoms with Crippen molar-refractivity contribution in [2.75, 3.05) is 25.6 Å². The summed E-state index contributed by atoms with van der Waals surface area (Å²) < 4.78 is 18.3. The molecule has 43 heavy (non-hydrogen) atoms. The second-order valence-corrected chi connectivity index (χ2v) is 13.9. The highest BCUT2D eigenvalue weighted by molar-refractivity contribution is 5.91. The van der Waals surface area contributed by atoms with Crippen LogP contribution < -0.4 is 16.0 Å². The van der Waals surface area contributed by atoms with Crippen molar-refractivity contribution in [3.8, 4) is 0 Å². The average Bonchev–Trinajstić information content (AvgIpc) is 3.85. The number of rotatable bonds is 13. The lowest BCUT2D eigenvalue weighted by Gasteiger charge is -2.43. The average molecular weight is 598 g/mol. The van der Waals surface area contributed by atoms with Gasteiger partial charge in [-0.1, -0.05) is 44.6 Å². The van der Waals surface area contributed by atoms with E-state index in [1.54, 1.807) is 7.11 Å². The Hall–Kier alpha value is -2.75. The molecule has 1 aliphatic carbocycles. The number of methoxy groups -OCH3 is 1. The van der Waals surface area contributed by atoms with Gasteiger partial charge in [0.25, 0.3) is 0 Å². The molecule has 9 heteroatoms. The van der Waals surface area contributed by atoms with Crippen molar-refractivity contribution in [2.24, 2.45) is 11.3 Å². The third kappa shape index (κ3) is 8.46. The van der Waals surface area contributed by atoms with Crippen molar-refractivity contribution in [3.63, 3.8) is 0 Å². The molecule has 9 nitrogen and oxygen atoms in total. The van der Waals surface area contributed by atoms with Gasteiger partial charge >= 0.3 is 6.03 Å². The maximum atomic E-state index is 12.9. The number of anilines is 1. The molecule has 0 radical (unpaired) electrons. The summed E-state index contributed by atoms with van der Waals surface area (Å²) in [7, 11) is 1.71. The summed E-state index contributed by atoms with van der Waals surface area (Å²) in [5, 5.41) is 9.04. The topological polar surface area (TPSA) is 122 Å². The van der Waals surface area contributed by atoms with Crippen LogP contribution in [0.3, 0.4) is 0 Å². The molecule has 3 aliphatic rings. The van der Waals surface area contributed by atoms with Gasteiger partial charge in [-0.2, -0.15) is 0 Å². The molecule has 3 N–H and O–H groups in total. The molecule has 1 aromatic rings. The first-order valence-electron chi connectivity index (χ1n) is 15.7. The lowest BCUT2D eigenvalue weighted by Crippen LogP contribution is -2.60. The summed E-state index contributed by atoms with van der Waals surface area (Å²) in [6, 6.07) is 7.27. The molecule has 0 aromatic heterocycles. The number of nitrogens with one attached hydrogen (secondary N) is 3. The molecule has 1 aromatic carbocycles. The maximum Gasteiger partial charge on any atom is 0.315 e. The molecule has 238 valence electrons. The highest BCUT2D eigenvalue weighted by atomic mass is 16.6. The van der Waals surface area contributed by atoms with Crippen molar-refractivity contribution in [2.45, 2.75) is 116 Å². The minimum absolute atomic E-state index is 0.0459. The number of epoxide rings is 2. The minimum atomic E-state index is -0.374. The Bertz CT molecular complexity index is 1180. The fourth-order valence-corrected chi connectivity index (χ4v) is 6.44. The summed E-state index contributed by atoms with van der Waals surface area (Å²) in [6.07, 6.45) is 6.58. The normalized spacial score (nSPS) is 29.5. The van der Waals surface area contributed by atoms with Crippen LogP contribution in [-0.2, 0) is 30.2 Å². The van der Waals surface area contributed by atoms with Crippen molar-refractivity contribution in [1.82, 2.24) is 10.6 Å². The summed E-state index contributed by atoms with van der Waals surface area (Å²) in [5.74, 6) is 0.113. The SMILES string of the molecule is CO[C@H]1[C@H](C2(C)O[C@@H]2CC=C(C)C)[C@]2(CC[C@H]1NC(=O)NCCc1ccc(NC(=O)CCCC(=O)C(C)(C)C)cc1)CO2. The first kappa shape index (κ1) is 33.1. The highest BCUT2D eigenvalue weighted by Crippen LogP contribution is 2.59. The fraction of sp³-hybridized carbons (Fsp3) is 0.676. The number of hydrogen-bond acceptors (Lipinski definition) is 6. The van der Waals surface area contributed by atoms with Gasteiger partial charge in [0.05, 0.1) is 30.5 Å². The lowest BCUT2D eigenvalue weighted by molar-refractivity contribution is -0.126. The van der Waals surface area contributed by atoms with E-state index in [2.05, 4.69) is 42.8 Å². The van der Waals surface area contributed by atoms with Crippen molar-refractivity contribution < 1.29 is 28.6 Å². The fourth-order valence-electron chi connectivity index (χ4n) is 6.44. The van der Waals surface area contributed by atoms with E-state index in [4.69, 9.17) is 14.2 Å². The van der Waals surface area contributed by atoms with Gasteiger partial charge in [-0.05, 0) is 70.6 Å². The second kappa shape index (κ2) is 13.5. The van der Waals surface area contributed by atoms with Gasteiger partial charge in [-0.3, -0.25) is 9.59 Å². The van der Waals surface area contributed by atoms with E-state index in [0.29, 0.717) is 44.5 Å². The lowest BCUT2D eigenvalue weighted by atomic mass is 9.67. The van der Waals surface area contributed by atoms with Gasteiger partial charge in [-0.25, -0.2) is 4.79 Å².